The number of benzene rings is 9. The summed E-state index contributed by atoms with van der Waals surface area (Å²) in [4.78, 5) is 15.7. The van der Waals surface area contributed by atoms with Gasteiger partial charge < -0.3 is 0 Å². The zero-order valence-corrected chi connectivity index (χ0v) is 31.5. The van der Waals surface area contributed by atoms with Crippen molar-refractivity contribution < 1.29 is 0 Å². The standard InChI is InChI=1S/C55H35N3/c1-2-12-40(13-3-1)49-34-51(56-50-33-32-41-16-6-9-21-46(41)54(49)50)42-28-24-36(25-29-42)37-26-30-43(31-27-37)55-57-52(47-22-10-17-38-14-4-7-19-44(38)47)35-53(58-55)48-23-11-18-39-15-5-8-20-45(39)48/h1-35H. The molecule has 0 bridgehead atoms. The van der Waals surface area contributed by atoms with Crippen molar-refractivity contribution in [1.82, 2.24) is 15.0 Å². The predicted molar refractivity (Wildman–Crippen MR) is 242 cm³/mol. The maximum Gasteiger partial charge on any atom is 0.160 e. The summed E-state index contributed by atoms with van der Waals surface area (Å²) in [6.07, 6.45) is 0. The monoisotopic (exact) mass is 737 g/mol. The number of rotatable bonds is 6. The van der Waals surface area contributed by atoms with E-state index < -0.39 is 0 Å². The van der Waals surface area contributed by atoms with E-state index in [1.165, 1.54) is 48.8 Å². The van der Waals surface area contributed by atoms with Gasteiger partial charge in [0.25, 0.3) is 0 Å². The van der Waals surface area contributed by atoms with Gasteiger partial charge in [0.1, 0.15) is 0 Å². The van der Waals surface area contributed by atoms with Gasteiger partial charge in [0.05, 0.1) is 22.6 Å². The molecule has 0 N–H and O–H groups in total. The summed E-state index contributed by atoms with van der Waals surface area (Å²) in [5.41, 5.74) is 12.6. The Morgan fingerprint density at radius 2 is 0.741 bits per heavy atom. The Bertz CT molecular complexity index is 3210. The lowest BCUT2D eigenvalue weighted by atomic mass is 9.94. The molecule has 58 heavy (non-hydrogen) atoms. The van der Waals surface area contributed by atoms with Gasteiger partial charge in [-0.3, -0.25) is 0 Å². The van der Waals surface area contributed by atoms with Crippen LogP contribution in [0.5, 0.6) is 0 Å². The molecule has 270 valence electrons. The van der Waals surface area contributed by atoms with Crippen LogP contribution in [0.4, 0.5) is 0 Å². The maximum absolute atomic E-state index is 5.23. The highest BCUT2D eigenvalue weighted by Gasteiger charge is 2.16. The summed E-state index contributed by atoms with van der Waals surface area (Å²) in [5, 5.41) is 8.31. The lowest BCUT2D eigenvalue weighted by molar-refractivity contribution is 1.19. The first-order chi connectivity index (χ1) is 28.7. The first kappa shape index (κ1) is 33.6. The predicted octanol–water partition coefficient (Wildman–Crippen LogP) is 14.5. The molecule has 11 rings (SSSR count). The molecule has 9 aromatic carbocycles. The minimum atomic E-state index is 0.694. The van der Waals surface area contributed by atoms with E-state index in [1.54, 1.807) is 0 Å². The van der Waals surface area contributed by atoms with Gasteiger partial charge in [-0.15, -0.1) is 0 Å². The molecule has 0 atom stereocenters. The topological polar surface area (TPSA) is 38.7 Å². The van der Waals surface area contributed by atoms with Crippen molar-refractivity contribution in [2.75, 3.05) is 0 Å². The second-order valence-corrected chi connectivity index (χ2v) is 14.8. The van der Waals surface area contributed by atoms with Crippen LogP contribution in [0.15, 0.2) is 212 Å². The molecule has 0 aliphatic heterocycles. The van der Waals surface area contributed by atoms with Crippen molar-refractivity contribution in [3.8, 4) is 67.4 Å². The summed E-state index contributed by atoms with van der Waals surface area (Å²) < 4.78 is 0. The number of nitrogens with zero attached hydrogens (tertiary/aromatic N) is 3. The summed E-state index contributed by atoms with van der Waals surface area (Å²) in [7, 11) is 0. The first-order valence-electron chi connectivity index (χ1n) is 19.7. The minimum Gasteiger partial charge on any atom is -0.248 e. The molecule has 0 radical (unpaired) electrons. The smallest absolute Gasteiger partial charge is 0.160 e. The Morgan fingerprint density at radius 3 is 1.34 bits per heavy atom. The van der Waals surface area contributed by atoms with Crippen molar-refractivity contribution in [2.24, 2.45) is 0 Å². The fourth-order valence-corrected chi connectivity index (χ4v) is 8.40. The third-order valence-electron chi connectivity index (χ3n) is 11.3. The van der Waals surface area contributed by atoms with Gasteiger partial charge in [-0.25, -0.2) is 15.0 Å². The molecule has 11 aromatic rings. The summed E-state index contributed by atoms with van der Waals surface area (Å²) in [6.45, 7) is 0. The van der Waals surface area contributed by atoms with Crippen molar-refractivity contribution in [3.63, 3.8) is 0 Å². The van der Waals surface area contributed by atoms with Crippen molar-refractivity contribution >= 4 is 43.2 Å². The van der Waals surface area contributed by atoms with E-state index in [0.717, 1.165) is 56.0 Å². The van der Waals surface area contributed by atoms with Crippen LogP contribution in [-0.2, 0) is 0 Å². The van der Waals surface area contributed by atoms with E-state index in [9.17, 15) is 0 Å². The van der Waals surface area contributed by atoms with Gasteiger partial charge in [-0.05, 0) is 72.8 Å². The molecule has 0 aliphatic carbocycles. The zero-order valence-electron chi connectivity index (χ0n) is 31.5. The van der Waals surface area contributed by atoms with Crippen LogP contribution >= 0.6 is 0 Å². The average molecular weight is 738 g/mol. The van der Waals surface area contributed by atoms with Crippen LogP contribution in [0.25, 0.3) is 111 Å². The molecule has 0 unspecified atom stereocenters. The van der Waals surface area contributed by atoms with Crippen LogP contribution in [0.1, 0.15) is 0 Å². The Morgan fingerprint density at radius 1 is 0.259 bits per heavy atom. The Kier molecular flexibility index (Phi) is 8.15. The summed E-state index contributed by atoms with van der Waals surface area (Å²) in [5.74, 6) is 0.694. The number of pyridine rings is 1. The second kappa shape index (κ2) is 14.1. The number of aromatic nitrogens is 3. The molecule has 2 heterocycles. The minimum absolute atomic E-state index is 0.694. The SMILES string of the molecule is c1ccc(-c2cc(-c3ccc(-c4ccc(-c5nc(-c6cccc7ccccc67)cc(-c6cccc7ccccc67)n5)cc4)cc3)nc3ccc4ccccc4c23)cc1. The molecule has 0 saturated carbocycles. The molecule has 2 aromatic heterocycles. The maximum atomic E-state index is 5.23. The van der Waals surface area contributed by atoms with Crippen LogP contribution in [0.2, 0.25) is 0 Å². The van der Waals surface area contributed by atoms with Crippen molar-refractivity contribution in [2.45, 2.75) is 0 Å². The molecule has 3 nitrogen and oxygen atoms in total. The van der Waals surface area contributed by atoms with Gasteiger partial charge in [-0.1, -0.05) is 194 Å². The molecule has 0 aliphatic rings. The van der Waals surface area contributed by atoms with Gasteiger partial charge in [0, 0.05) is 27.6 Å². The van der Waals surface area contributed by atoms with Gasteiger partial charge in [0.15, 0.2) is 5.82 Å². The Balaban J connectivity index is 0.969. The highest BCUT2D eigenvalue weighted by atomic mass is 14.9. The van der Waals surface area contributed by atoms with Gasteiger partial charge in [-0.2, -0.15) is 0 Å². The van der Waals surface area contributed by atoms with Crippen LogP contribution in [0.3, 0.4) is 0 Å². The average Bonchev–Trinajstić information content (AvgIpc) is 3.31. The molecular weight excluding hydrogens is 703 g/mol. The van der Waals surface area contributed by atoms with E-state index in [-0.39, 0.29) is 0 Å². The quantitative estimate of drug-likeness (QED) is 0.160. The molecule has 0 spiro atoms. The highest BCUT2D eigenvalue weighted by Crippen LogP contribution is 2.38. The highest BCUT2D eigenvalue weighted by molar-refractivity contribution is 6.14. The van der Waals surface area contributed by atoms with Crippen LogP contribution in [-0.4, -0.2) is 15.0 Å². The number of hydrogen-bond donors (Lipinski definition) is 0. The van der Waals surface area contributed by atoms with E-state index in [4.69, 9.17) is 15.0 Å². The van der Waals surface area contributed by atoms with Crippen LogP contribution in [0, 0.1) is 0 Å². The van der Waals surface area contributed by atoms with Crippen molar-refractivity contribution in [1.29, 1.82) is 0 Å². The largest absolute Gasteiger partial charge is 0.248 e. The van der Waals surface area contributed by atoms with Crippen LogP contribution < -0.4 is 0 Å². The second-order valence-electron chi connectivity index (χ2n) is 14.8. The lowest BCUT2D eigenvalue weighted by Gasteiger charge is -2.13. The third kappa shape index (κ3) is 5.98. The van der Waals surface area contributed by atoms with Crippen molar-refractivity contribution in [3.05, 3.63) is 212 Å². The number of fused-ring (bicyclic) bond motifs is 5. The lowest BCUT2D eigenvalue weighted by Crippen LogP contribution is -1.97. The molecule has 0 saturated heterocycles. The molecule has 3 heteroatoms. The van der Waals surface area contributed by atoms with E-state index in [0.29, 0.717) is 5.82 Å². The van der Waals surface area contributed by atoms with E-state index >= 15 is 0 Å². The molecular formula is C55H35N3. The summed E-state index contributed by atoms with van der Waals surface area (Å²) in [6, 6.07) is 75.1. The number of hydrogen-bond acceptors (Lipinski definition) is 3. The fourth-order valence-electron chi connectivity index (χ4n) is 8.40. The van der Waals surface area contributed by atoms with Gasteiger partial charge in [0.2, 0.25) is 0 Å². The zero-order chi connectivity index (χ0) is 38.4. The normalized spacial score (nSPS) is 11.4. The summed E-state index contributed by atoms with van der Waals surface area (Å²) >= 11 is 0. The van der Waals surface area contributed by atoms with Gasteiger partial charge >= 0.3 is 0 Å². The molecule has 0 fully saturated rings. The molecule has 0 amide bonds. The third-order valence-corrected chi connectivity index (χ3v) is 11.3. The Hall–Kier alpha value is -7.75. The Labute approximate surface area is 336 Å². The van der Waals surface area contributed by atoms with E-state index in [1.807, 2.05) is 0 Å². The van der Waals surface area contributed by atoms with E-state index in [2.05, 4.69) is 212 Å². The first-order valence-corrected chi connectivity index (χ1v) is 19.7. The fraction of sp³-hybridized carbons (Fsp3) is 0.